The molecule has 1 unspecified atom stereocenters. The standard InChI is InChI=1S/C11H14N2O2/c1-8-4-2-3-5-9(8)11(7-14)6-12-13-10(11)15/h2-5,12,14H,6-7H2,1H3,(H,13,15). The van der Waals surface area contributed by atoms with E-state index in [1.165, 1.54) is 0 Å². The predicted molar refractivity (Wildman–Crippen MR) is 56.1 cm³/mol. The van der Waals surface area contributed by atoms with Gasteiger partial charge in [0, 0.05) is 6.54 Å². The summed E-state index contributed by atoms with van der Waals surface area (Å²) in [6.45, 7) is 2.18. The number of aliphatic hydroxyl groups is 1. The van der Waals surface area contributed by atoms with Gasteiger partial charge < -0.3 is 5.11 Å². The summed E-state index contributed by atoms with van der Waals surface area (Å²) in [4.78, 5) is 11.7. The van der Waals surface area contributed by atoms with Gasteiger partial charge in [0.05, 0.1) is 6.61 Å². The lowest BCUT2D eigenvalue weighted by atomic mass is 9.79. The highest BCUT2D eigenvalue weighted by Gasteiger charge is 2.44. The Bertz CT molecular complexity index is 392. The third-order valence-corrected chi connectivity index (χ3v) is 2.96. The van der Waals surface area contributed by atoms with Gasteiger partial charge in [0.2, 0.25) is 5.91 Å². The molecule has 4 heteroatoms. The Balaban J connectivity index is 2.51. The van der Waals surface area contributed by atoms with Gasteiger partial charge >= 0.3 is 0 Å². The molecule has 0 bridgehead atoms. The number of carbonyl (C=O) groups is 1. The average molecular weight is 206 g/mol. The fourth-order valence-electron chi connectivity index (χ4n) is 2.02. The van der Waals surface area contributed by atoms with Crippen LogP contribution in [-0.2, 0) is 10.2 Å². The van der Waals surface area contributed by atoms with Crippen molar-refractivity contribution in [2.45, 2.75) is 12.3 Å². The summed E-state index contributed by atoms with van der Waals surface area (Å²) in [5.74, 6) is -0.167. The summed E-state index contributed by atoms with van der Waals surface area (Å²) in [7, 11) is 0. The molecule has 0 aromatic heterocycles. The predicted octanol–water partition coefficient (Wildman–Crippen LogP) is -0.140. The Morgan fingerprint density at radius 2 is 2.20 bits per heavy atom. The normalized spacial score (nSPS) is 25.3. The van der Waals surface area contributed by atoms with Crippen LogP contribution in [0.1, 0.15) is 11.1 Å². The number of hydrogen-bond acceptors (Lipinski definition) is 3. The average Bonchev–Trinajstić information content (AvgIpc) is 2.61. The Labute approximate surface area is 88.3 Å². The van der Waals surface area contributed by atoms with Gasteiger partial charge in [-0.05, 0) is 18.1 Å². The van der Waals surface area contributed by atoms with Crippen molar-refractivity contribution in [3.05, 3.63) is 35.4 Å². The molecule has 0 spiro atoms. The number of aryl methyl sites for hydroxylation is 1. The smallest absolute Gasteiger partial charge is 0.248 e. The zero-order chi connectivity index (χ0) is 10.9. The second kappa shape index (κ2) is 3.64. The summed E-state index contributed by atoms with van der Waals surface area (Å²) in [6.07, 6.45) is 0. The summed E-state index contributed by atoms with van der Waals surface area (Å²) < 4.78 is 0. The molecule has 0 saturated carbocycles. The lowest BCUT2D eigenvalue weighted by molar-refractivity contribution is -0.125. The maximum Gasteiger partial charge on any atom is 0.248 e. The van der Waals surface area contributed by atoms with Crippen LogP contribution in [0.5, 0.6) is 0 Å². The van der Waals surface area contributed by atoms with Crippen molar-refractivity contribution in [1.29, 1.82) is 0 Å². The van der Waals surface area contributed by atoms with E-state index in [1.54, 1.807) is 0 Å². The molecule has 80 valence electrons. The van der Waals surface area contributed by atoms with Crippen molar-refractivity contribution in [3.8, 4) is 0 Å². The monoisotopic (exact) mass is 206 g/mol. The molecule has 0 aliphatic carbocycles. The van der Waals surface area contributed by atoms with Gasteiger partial charge in [-0.1, -0.05) is 24.3 Å². The quantitative estimate of drug-likeness (QED) is 0.631. The molecular formula is C11H14N2O2. The molecule has 3 N–H and O–H groups in total. The van der Waals surface area contributed by atoms with Gasteiger partial charge in [0.1, 0.15) is 5.41 Å². The SMILES string of the molecule is Cc1ccccc1C1(CO)CNNC1=O. The van der Waals surface area contributed by atoms with Crippen LogP contribution in [0.2, 0.25) is 0 Å². The number of amides is 1. The molecule has 0 radical (unpaired) electrons. The minimum Gasteiger partial charge on any atom is -0.395 e. The van der Waals surface area contributed by atoms with Crippen molar-refractivity contribution >= 4 is 5.91 Å². The summed E-state index contributed by atoms with van der Waals surface area (Å²) in [5.41, 5.74) is 6.39. The van der Waals surface area contributed by atoms with Gasteiger partial charge in [-0.2, -0.15) is 0 Å². The number of hydrazine groups is 1. The van der Waals surface area contributed by atoms with Gasteiger partial charge in [0.25, 0.3) is 0 Å². The lowest BCUT2D eigenvalue weighted by Gasteiger charge is -2.24. The van der Waals surface area contributed by atoms with Gasteiger partial charge in [-0.15, -0.1) is 0 Å². The number of hydrogen-bond donors (Lipinski definition) is 3. The van der Waals surface area contributed by atoms with Crippen LogP contribution in [0.4, 0.5) is 0 Å². The van der Waals surface area contributed by atoms with E-state index in [1.807, 2.05) is 31.2 Å². The third kappa shape index (κ3) is 1.42. The number of benzene rings is 1. The molecule has 1 saturated heterocycles. The number of nitrogens with one attached hydrogen (secondary N) is 2. The molecule has 1 aliphatic rings. The lowest BCUT2D eigenvalue weighted by Crippen LogP contribution is -2.41. The number of aliphatic hydroxyl groups excluding tert-OH is 1. The van der Waals surface area contributed by atoms with E-state index in [-0.39, 0.29) is 12.5 Å². The highest BCUT2D eigenvalue weighted by Crippen LogP contribution is 2.28. The first-order chi connectivity index (χ1) is 7.20. The number of carbonyl (C=O) groups excluding carboxylic acids is 1. The van der Waals surface area contributed by atoms with Crippen molar-refractivity contribution < 1.29 is 9.90 Å². The minimum absolute atomic E-state index is 0.167. The van der Waals surface area contributed by atoms with E-state index in [9.17, 15) is 9.90 Å². The van der Waals surface area contributed by atoms with E-state index in [0.29, 0.717) is 6.54 Å². The van der Waals surface area contributed by atoms with Crippen molar-refractivity contribution in [2.75, 3.05) is 13.2 Å². The fraction of sp³-hybridized carbons (Fsp3) is 0.364. The second-order valence-electron chi connectivity index (χ2n) is 3.86. The first kappa shape index (κ1) is 10.1. The summed E-state index contributed by atoms with van der Waals surface area (Å²) in [5, 5.41) is 9.46. The van der Waals surface area contributed by atoms with E-state index >= 15 is 0 Å². The van der Waals surface area contributed by atoms with Crippen LogP contribution in [0.15, 0.2) is 24.3 Å². The first-order valence-corrected chi connectivity index (χ1v) is 4.91. The molecule has 1 aromatic rings. The summed E-state index contributed by atoms with van der Waals surface area (Å²) >= 11 is 0. The van der Waals surface area contributed by atoms with Crippen LogP contribution in [0, 0.1) is 6.92 Å². The Morgan fingerprint density at radius 3 is 2.73 bits per heavy atom. The minimum atomic E-state index is -0.828. The Kier molecular flexibility index (Phi) is 2.46. The molecule has 2 rings (SSSR count). The zero-order valence-electron chi connectivity index (χ0n) is 8.58. The largest absolute Gasteiger partial charge is 0.395 e. The van der Waals surface area contributed by atoms with Gasteiger partial charge in [-0.25, -0.2) is 5.43 Å². The Hall–Kier alpha value is -1.39. The maximum absolute atomic E-state index is 11.7. The van der Waals surface area contributed by atoms with Crippen molar-refractivity contribution in [1.82, 2.24) is 10.9 Å². The maximum atomic E-state index is 11.7. The van der Waals surface area contributed by atoms with Crippen LogP contribution >= 0.6 is 0 Å². The van der Waals surface area contributed by atoms with E-state index in [4.69, 9.17) is 0 Å². The molecule has 1 aromatic carbocycles. The number of rotatable bonds is 2. The molecule has 1 amide bonds. The molecular weight excluding hydrogens is 192 g/mol. The van der Waals surface area contributed by atoms with Gasteiger partial charge in [-0.3, -0.25) is 10.2 Å². The van der Waals surface area contributed by atoms with Crippen molar-refractivity contribution in [2.24, 2.45) is 0 Å². The van der Waals surface area contributed by atoms with Crippen LogP contribution in [0.25, 0.3) is 0 Å². The van der Waals surface area contributed by atoms with E-state index in [0.717, 1.165) is 11.1 Å². The summed E-state index contributed by atoms with van der Waals surface area (Å²) in [6, 6.07) is 7.63. The van der Waals surface area contributed by atoms with E-state index < -0.39 is 5.41 Å². The zero-order valence-corrected chi connectivity index (χ0v) is 8.58. The molecule has 15 heavy (non-hydrogen) atoms. The molecule has 1 aliphatic heterocycles. The molecule has 4 nitrogen and oxygen atoms in total. The topological polar surface area (TPSA) is 61.4 Å². The van der Waals surface area contributed by atoms with E-state index in [2.05, 4.69) is 10.9 Å². The van der Waals surface area contributed by atoms with Crippen LogP contribution in [-0.4, -0.2) is 24.2 Å². The first-order valence-electron chi connectivity index (χ1n) is 4.91. The van der Waals surface area contributed by atoms with Crippen LogP contribution in [0.3, 0.4) is 0 Å². The highest BCUT2D eigenvalue weighted by molar-refractivity contribution is 5.90. The fourth-order valence-corrected chi connectivity index (χ4v) is 2.02. The Morgan fingerprint density at radius 1 is 1.47 bits per heavy atom. The van der Waals surface area contributed by atoms with Crippen molar-refractivity contribution in [3.63, 3.8) is 0 Å². The molecule has 1 atom stereocenters. The molecule has 1 fully saturated rings. The highest BCUT2D eigenvalue weighted by atomic mass is 16.3. The second-order valence-corrected chi connectivity index (χ2v) is 3.86. The third-order valence-electron chi connectivity index (χ3n) is 2.96. The van der Waals surface area contributed by atoms with Crippen LogP contribution < -0.4 is 10.9 Å². The van der Waals surface area contributed by atoms with Gasteiger partial charge in [0.15, 0.2) is 0 Å². The molecule has 1 heterocycles.